The number of rotatable bonds is 0. The van der Waals surface area contributed by atoms with Crippen LogP contribution in [0.15, 0.2) is 34.7 Å². The van der Waals surface area contributed by atoms with Crippen molar-refractivity contribution in [1.29, 1.82) is 0 Å². The second-order valence-electron chi connectivity index (χ2n) is 5.43. The lowest BCUT2D eigenvalue weighted by Gasteiger charge is -1.99. The molecule has 1 aromatic heterocycles. The van der Waals surface area contributed by atoms with E-state index in [9.17, 15) is 0 Å². The Morgan fingerprint density at radius 2 is 1.67 bits per heavy atom. The maximum Gasteiger partial charge on any atom is 0.341 e. The fourth-order valence-electron chi connectivity index (χ4n) is 3.27. The van der Waals surface area contributed by atoms with E-state index in [-0.39, 0.29) is 0 Å². The van der Waals surface area contributed by atoms with E-state index in [0.717, 1.165) is 12.8 Å². The van der Waals surface area contributed by atoms with Gasteiger partial charge in [0.15, 0.2) is 0 Å². The van der Waals surface area contributed by atoms with Crippen molar-refractivity contribution in [3.63, 3.8) is 0 Å². The molecule has 0 saturated heterocycles. The number of hydrogen-bond donors (Lipinski definition) is 0. The minimum Gasteiger partial charge on any atom is -0.216 e. The number of hydrogen-bond acceptors (Lipinski definition) is 0. The second kappa shape index (κ2) is 3.94. The smallest absolute Gasteiger partial charge is 0.216 e. The van der Waals surface area contributed by atoms with Gasteiger partial charge in [-0.05, 0) is 36.5 Å². The van der Waals surface area contributed by atoms with Crippen LogP contribution >= 0.6 is 0 Å². The molecule has 2 aliphatic carbocycles. The van der Waals surface area contributed by atoms with Crippen LogP contribution in [-0.2, 0) is 19.3 Å². The summed E-state index contributed by atoms with van der Waals surface area (Å²) in [5.41, 5.74) is 5.58. The van der Waals surface area contributed by atoms with E-state index in [2.05, 4.69) is 30.3 Å². The molecule has 2 aliphatic rings. The van der Waals surface area contributed by atoms with Gasteiger partial charge in [0.05, 0.1) is 24.0 Å². The Labute approximate surface area is 107 Å². The topological polar surface area (TPSA) is 11.3 Å². The fourth-order valence-corrected chi connectivity index (χ4v) is 3.27. The average molecular weight is 237 g/mol. The molecule has 0 amide bonds. The van der Waals surface area contributed by atoms with E-state index >= 15 is 0 Å². The molecule has 0 radical (unpaired) electrons. The van der Waals surface area contributed by atoms with E-state index in [0.29, 0.717) is 0 Å². The largest absolute Gasteiger partial charge is 0.341 e. The summed E-state index contributed by atoms with van der Waals surface area (Å²) >= 11 is 0. The molecule has 1 heterocycles. The lowest BCUT2D eigenvalue weighted by Crippen LogP contribution is -1.93. The lowest BCUT2D eigenvalue weighted by molar-refractivity contribution is 0.453. The summed E-state index contributed by atoms with van der Waals surface area (Å²) in [6, 6.07) is 11.1. The van der Waals surface area contributed by atoms with Gasteiger partial charge < -0.3 is 0 Å². The summed E-state index contributed by atoms with van der Waals surface area (Å²) in [5.74, 6) is 2.43. The molecule has 0 saturated carbocycles. The van der Waals surface area contributed by atoms with E-state index in [1.54, 1.807) is 0 Å². The summed E-state index contributed by atoms with van der Waals surface area (Å²) in [6.07, 6.45) is 7.21. The number of aryl methyl sites for hydroxylation is 2. The van der Waals surface area contributed by atoms with E-state index in [1.165, 1.54) is 59.5 Å². The molecular weight excluding hydrogens is 220 g/mol. The first kappa shape index (κ1) is 10.3. The standard InChI is InChI=1S/C17H17O/c1-2-7-13-10-15-14-8-5-4-6-12(14)11-17(15)18-16(13)9-3-1/h4-6,8,10H,1-3,7,9,11H2/q+1. The fraction of sp³-hybridized carbons (Fsp3) is 0.353. The van der Waals surface area contributed by atoms with Gasteiger partial charge in [-0.3, -0.25) is 0 Å². The maximum absolute atomic E-state index is 6.20. The van der Waals surface area contributed by atoms with Crippen molar-refractivity contribution in [3.8, 4) is 11.1 Å². The van der Waals surface area contributed by atoms with Gasteiger partial charge in [0.1, 0.15) is 0 Å². The first-order chi connectivity index (χ1) is 8.92. The zero-order valence-corrected chi connectivity index (χ0v) is 10.5. The van der Waals surface area contributed by atoms with Crippen molar-refractivity contribution in [2.75, 3.05) is 0 Å². The highest BCUT2D eigenvalue weighted by molar-refractivity contribution is 5.75. The van der Waals surface area contributed by atoms with Crippen LogP contribution in [0, 0.1) is 0 Å². The highest BCUT2D eigenvalue weighted by Gasteiger charge is 2.31. The number of fused-ring (bicyclic) bond motifs is 4. The molecule has 1 aromatic carbocycles. The van der Waals surface area contributed by atoms with Gasteiger partial charge >= 0.3 is 11.5 Å². The molecule has 4 rings (SSSR count). The minimum atomic E-state index is 0.971. The minimum absolute atomic E-state index is 0.971. The Hall–Kier alpha value is -1.63. The molecule has 0 unspecified atom stereocenters. The molecule has 0 atom stereocenters. The van der Waals surface area contributed by atoms with E-state index < -0.39 is 0 Å². The SMILES string of the molecule is c1ccc2c(c1)Cc1[o+]c3c(cc1-2)CCCCC3. The van der Waals surface area contributed by atoms with Gasteiger partial charge in [-0.2, -0.15) is 0 Å². The molecule has 0 N–H and O–H groups in total. The van der Waals surface area contributed by atoms with Gasteiger partial charge in [-0.15, -0.1) is 0 Å². The van der Waals surface area contributed by atoms with E-state index in [1.807, 2.05) is 0 Å². The van der Waals surface area contributed by atoms with Crippen molar-refractivity contribution in [2.24, 2.45) is 0 Å². The van der Waals surface area contributed by atoms with Gasteiger partial charge in [-0.1, -0.05) is 30.7 Å². The predicted molar refractivity (Wildman–Crippen MR) is 72.6 cm³/mol. The third kappa shape index (κ3) is 1.50. The monoisotopic (exact) mass is 237 g/mol. The van der Waals surface area contributed by atoms with Gasteiger partial charge in [0.2, 0.25) is 0 Å². The van der Waals surface area contributed by atoms with Crippen LogP contribution in [0.4, 0.5) is 0 Å². The van der Waals surface area contributed by atoms with Crippen molar-refractivity contribution in [1.82, 2.24) is 0 Å². The summed E-state index contributed by atoms with van der Waals surface area (Å²) in [7, 11) is 0. The maximum atomic E-state index is 6.20. The molecule has 0 aliphatic heterocycles. The highest BCUT2D eigenvalue weighted by atomic mass is 16.3. The molecule has 2 aromatic rings. The quantitative estimate of drug-likeness (QED) is 0.416. The van der Waals surface area contributed by atoms with Crippen molar-refractivity contribution in [3.05, 3.63) is 53.0 Å². The first-order valence-corrected chi connectivity index (χ1v) is 6.98. The third-order valence-electron chi connectivity index (χ3n) is 4.23. The first-order valence-electron chi connectivity index (χ1n) is 6.98. The Bertz CT molecular complexity index is 613. The number of benzene rings is 1. The molecule has 1 heteroatoms. The van der Waals surface area contributed by atoms with Gasteiger partial charge in [0, 0.05) is 0 Å². The molecule has 0 bridgehead atoms. The Balaban J connectivity index is 1.89. The Morgan fingerprint density at radius 3 is 2.67 bits per heavy atom. The van der Waals surface area contributed by atoms with E-state index in [4.69, 9.17) is 4.42 Å². The lowest BCUT2D eigenvalue weighted by atomic mass is 10.0. The molecular formula is C17H17O+. The second-order valence-corrected chi connectivity index (χ2v) is 5.43. The zero-order valence-electron chi connectivity index (χ0n) is 10.5. The summed E-state index contributed by atoms with van der Waals surface area (Å²) in [6.45, 7) is 0. The van der Waals surface area contributed by atoms with Crippen LogP contribution in [0.3, 0.4) is 0 Å². The molecule has 0 fully saturated rings. The van der Waals surface area contributed by atoms with Crippen molar-refractivity contribution < 1.29 is 4.42 Å². The van der Waals surface area contributed by atoms with Crippen LogP contribution in [0.1, 0.15) is 41.9 Å². The van der Waals surface area contributed by atoms with Crippen LogP contribution in [0.25, 0.3) is 11.1 Å². The Morgan fingerprint density at radius 1 is 0.778 bits per heavy atom. The zero-order chi connectivity index (χ0) is 11.9. The van der Waals surface area contributed by atoms with Crippen LogP contribution < -0.4 is 0 Å². The molecule has 18 heavy (non-hydrogen) atoms. The molecule has 90 valence electrons. The third-order valence-corrected chi connectivity index (χ3v) is 4.23. The van der Waals surface area contributed by atoms with Crippen LogP contribution in [-0.4, -0.2) is 0 Å². The Kier molecular flexibility index (Phi) is 2.26. The normalized spacial score (nSPS) is 16.7. The van der Waals surface area contributed by atoms with Crippen LogP contribution in [0.2, 0.25) is 0 Å². The predicted octanol–water partition coefficient (Wildman–Crippen LogP) is 4.40. The summed E-state index contributed by atoms with van der Waals surface area (Å²) in [4.78, 5) is 0. The van der Waals surface area contributed by atoms with Crippen molar-refractivity contribution in [2.45, 2.75) is 38.5 Å². The van der Waals surface area contributed by atoms with Gasteiger partial charge in [0.25, 0.3) is 0 Å². The summed E-state index contributed by atoms with van der Waals surface area (Å²) < 4.78 is 6.20. The molecule has 0 spiro atoms. The van der Waals surface area contributed by atoms with Crippen LogP contribution in [0.5, 0.6) is 0 Å². The highest BCUT2D eigenvalue weighted by Crippen LogP contribution is 2.39. The average Bonchev–Trinajstić information content (AvgIpc) is 2.59. The molecule has 1 nitrogen and oxygen atoms in total. The summed E-state index contributed by atoms with van der Waals surface area (Å²) in [5, 5.41) is 0. The van der Waals surface area contributed by atoms with Crippen molar-refractivity contribution >= 4 is 0 Å². The van der Waals surface area contributed by atoms with Gasteiger partial charge in [-0.25, -0.2) is 4.42 Å².